The van der Waals surface area contributed by atoms with Gasteiger partial charge in [0.25, 0.3) is 5.56 Å². The van der Waals surface area contributed by atoms with Crippen molar-refractivity contribution in [2.24, 2.45) is 0 Å². The lowest BCUT2D eigenvalue weighted by Gasteiger charge is -2.37. The van der Waals surface area contributed by atoms with E-state index in [1.54, 1.807) is 20.3 Å². The standard InChI is InChI=1S/C44H45N2O10P/c1-43(2)36-16-10-11-17-38(36)55-57(50,56-43)26-12-6-7-13-30-28-46(42(49)45-41(30)48)40-27-37(47)39(54-40)29-53-44(31-14-8-5-9-15-31,32-18-22-34(51-3)23-19-32)33-20-24-35(52-4)25-21-33/h5,8-11,14-25,28,37,39-40,47H,6,12,26-27,29H2,1-4H3,(H,45,48,49). The first-order valence-electron chi connectivity index (χ1n) is 18.7. The van der Waals surface area contributed by atoms with Crippen LogP contribution in [-0.2, 0) is 29.8 Å². The van der Waals surface area contributed by atoms with Gasteiger partial charge in [-0.2, -0.15) is 0 Å². The molecule has 3 heterocycles. The maximum atomic E-state index is 13.5. The Morgan fingerprint density at radius 1 is 0.895 bits per heavy atom. The minimum atomic E-state index is -3.45. The van der Waals surface area contributed by atoms with Crippen molar-refractivity contribution in [3.8, 4) is 29.1 Å². The van der Waals surface area contributed by atoms with Crippen molar-refractivity contribution in [1.29, 1.82) is 0 Å². The molecule has 1 saturated heterocycles. The van der Waals surface area contributed by atoms with E-state index >= 15 is 0 Å². The Kier molecular flexibility index (Phi) is 11.6. The monoisotopic (exact) mass is 792 g/mol. The number of aliphatic hydroxyl groups is 1. The normalized spacial score (nSPS) is 21.1. The third kappa shape index (κ3) is 8.35. The number of benzene rings is 4. The maximum absolute atomic E-state index is 13.5. The lowest BCUT2D eigenvalue weighted by Crippen LogP contribution is -2.38. The van der Waals surface area contributed by atoms with Crippen LogP contribution >= 0.6 is 7.60 Å². The number of nitrogens with zero attached hydrogens (tertiary/aromatic N) is 1. The number of H-pyrrole nitrogens is 1. The van der Waals surface area contributed by atoms with Gasteiger partial charge in [-0.15, -0.1) is 0 Å². The molecule has 0 amide bonds. The van der Waals surface area contributed by atoms with Crippen LogP contribution < -0.4 is 25.2 Å². The fraction of sp³-hybridized carbons (Fsp3) is 0.318. The maximum Gasteiger partial charge on any atom is 0.380 e. The first-order chi connectivity index (χ1) is 27.4. The SMILES string of the molecule is COc1ccc(C(OCC2OC(n3cc(C#CCCCP4(=O)Oc5ccccc5C(C)(C)O4)c(=O)[nH]c3=O)CC2O)(c2ccccc2)c2ccc(OC)cc2)cc1. The molecule has 0 saturated carbocycles. The number of unbranched alkanes of at least 4 members (excludes halogenated alkanes) is 1. The zero-order valence-corrected chi connectivity index (χ0v) is 33.1. The number of methoxy groups -OCH3 is 2. The summed E-state index contributed by atoms with van der Waals surface area (Å²) in [5.74, 6) is 7.69. The fourth-order valence-corrected chi connectivity index (χ4v) is 9.34. The molecule has 0 spiro atoms. The summed E-state index contributed by atoms with van der Waals surface area (Å²) in [4.78, 5) is 28.2. The molecule has 13 heteroatoms. The molecule has 7 rings (SSSR count). The summed E-state index contributed by atoms with van der Waals surface area (Å²) < 4.78 is 50.6. The summed E-state index contributed by atoms with van der Waals surface area (Å²) in [7, 11) is -0.239. The Balaban J connectivity index is 1.08. The van der Waals surface area contributed by atoms with Gasteiger partial charge in [0.1, 0.15) is 46.3 Å². The second-order valence-electron chi connectivity index (χ2n) is 14.4. The van der Waals surface area contributed by atoms with Crippen LogP contribution in [-0.4, -0.2) is 53.9 Å². The topological polar surface area (TPSA) is 148 Å². The quantitative estimate of drug-likeness (QED) is 0.0593. The number of rotatable bonds is 12. The molecule has 0 bridgehead atoms. The van der Waals surface area contributed by atoms with Gasteiger partial charge in [-0.1, -0.05) is 84.6 Å². The number of ether oxygens (including phenoxy) is 4. The van der Waals surface area contributed by atoms with Crippen molar-refractivity contribution >= 4 is 7.60 Å². The number of para-hydroxylation sites is 1. The van der Waals surface area contributed by atoms with Gasteiger partial charge in [-0.05, 0) is 67.3 Å². The van der Waals surface area contributed by atoms with Gasteiger partial charge in [-0.3, -0.25) is 18.9 Å². The Morgan fingerprint density at radius 3 is 2.16 bits per heavy atom. The summed E-state index contributed by atoms with van der Waals surface area (Å²) in [6, 6.07) is 32.3. The van der Waals surface area contributed by atoms with E-state index in [0.29, 0.717) is 30.1 Å². The van der Waals surface area contributed by atoms with E-state index in [1.165, 1.54) is 10.8 Å². The lowest BCUT2D eigenvalue weighted by molar-refractivity contribution is -0.0944. The van der Waals surface area contributed by atoms with Crippen LogP contribution in [0.3, 0.4) is 0 Å². The van der Waals surface area contributed by atoms with Gasteiger partial charge in [-0.25, -0.2) is 9.36 Å². The number of nitrogens with one attached hydrogen (secondary N) is 1. The third-order valence-corrected chi connectivity index (χ3v) is 12.3. The minimum Gasteiger partial charge on any atom is -0.497 e. The highest BCUT2D eigenvalue weighted by atomic mass is 31.2. The van der Waals surface area contributed by atoms with E-state index < -0.39 is 48.5 Å². The molecule has 1 fully saturated rings. The predicted octanol–water partition coefficient (Wildman–Crippen LogP) is 6.88. The summed E-state index contributed by atoms with van der Waals surface area (Å²) in [6.45, 7) is 3.65. The van der Waals surface area contributed by atoms with Crippen LogP contribution in [0.2, 0.25) is 0 Å². The molecule has 4 unspecified atom stereocenters. The number of hydrogen-bond donors (Lipinski definition) is 2. The molecule has 296 valence electrons. The van der Waals surface area contributed by atoms with Gasteiger partial charge in [0, 0.05) is 24.6 Å². The first-order valence-corrected chi connectivity index (χ1v) is 20.4. The van der Waals surface area contributed by atoms with Crippen LogP contribution in [0.4, 0.5) is 0 Å². The van der Waals surface area contributed by atoms with Gasteiger partial charge in [0.2, 0.25) is 0 Å². The molecule has 2 aliphatic heterocycles. The molecule has 1 aromatic heterocycles. The molecule has 0 aliphatic carbocycles. The summed E-state index contributed by atoms with van der Waals surface area (Å²) >= 11 is 0. The van der Waals surface area contributed by atoms with Gasteiger partial charge in [0.15, 0.2) is 0 Å². The van der Waals surface area contributed by atoms with E-state index in [1.807, 2.05) is 111 Å². The molecule has 57 heavy (non-hydrogen) atoms. The molecule has 4 aromatic carbocycles. The first kappa shape index (κ1) is 39.8. The Labute approximate surface area is 330 Å². The largest absolute Gasteiger partial charge is 0.497 e. The van der Waals surface area contributed by atoms with Gasteiger partial charge < -0.3 is 28.6 Å². The number of hydrogen-bond acceptors (Lipinski definition) is 10. The Bertz CT molecular complexity index is 2370. The number of aromatic nitrogens is 2. The lowest BCUT2D eigenvalue weighted by atomic mass is 9.80. The van der Waals surface area contributed by atoms with Crippen LogP contribution in [0.1, 0.15) is 67.2 Å². The number of aliphatic hydroxyl groups excluding tert-OH is 1. The van der Waals surface area contributed by atoms with Gasteiger partial charge in [0.05, 0.1) is 33.1 Å². The van der Waals surface area contributed by atoms with Crippen LogP contribution in [0.15, 0.2) is 119 Å². The average Bonchev–Trinajstić information content (AvgIpc) is 3.58. The van der Waals surface area contributed by atoms with E-state index in [-0.39, 0.29) is 24.8 Å². The van der Waals surface area contributed by atoms with Crippen molar-refractivity contribution in [2.75, 3.05) is 27.0 Å². The highest BCUT2D eigenvalue weighted by Gasteiger charge is 2.43. The Morgan fingerprint density at radius 2 is 1.51 bits per heavy atom. The fourth-order valence-electron chi connectivity index (χ4n) is 7.32. The predicted molar refractivity (Wildman–Crippen MR) is 214 cm³/mol. The Hall–Kier alpha value is -5.41. The molecule has 2 aliphatic rings. The van der Waals surface area contributed by atoms with Gasteiger partial charge >= 0.3 is 13.3 Å². The van der Waals surface area contributed by atoms with Crippen LogP contribution in [0.25, 0.3) is 0 Å². The van der Waals surface area contributed by atoms with Crippen LogP contribution in [0, 0.1) is 11.8 Å². The zero-order valence-electron chi connectivity index (χ0n) is 32.2. The average molecular weight is 793 g/mol. The highest BCUT2D eigenvalue weighted by Crippen LogP contribution is 2.59. The zero-order chi connectivity index (χ0) is 40.2. The number of aromatic amines is 1. The van der Waals surface area contributed by atoms with Crippen molar-refractivity contribution in [3.05, 3.63) is 158 Å². The molecular formula is C44H45N2O10P. The van der Waals surface area contributed by atoms with Crippen molar-refractivity contribution < 1.29 is 37.7 Å². The number of fused-ring (bicyclic) bond motifs is 1. The molecule has 0 radical (unpaired) electrons. The van der Waals surface area contributed by atoms with Crippen molar-refractivity contribution in [2.45, 2.75) is 62.7 Å². The summed E-state index contributed by atoms with van der Waals surface area (Å²) in [5, 5.41) is 11.3. The second kappa shape index (κ2) is 16.6. The van der Waals surface area contributed by atoms with Crippen LogP contribution in [0.5, 0.6) is 17.2 Å². The van der Waals surface area contributed by atoms with E-state index in [9.17, 15) is 19.3 Å². The molecule has 4 atom stereocenters. The summed E-state index contributed by atoms with van der Waals surface area (Å²) in [6.07, 6.45) is -0.548. The second-order valence-corrected chi connectivity index (χ2v) is 16.4. The molecule has 2 N–H and O–H groups in total. The van der Waals surface area contributed by atoms with Crippen molar-refractivity contribution in [1.82, 2.24) is 9.55 Å². The molecular weight excluding hydrogens is 747 g/mol. The molecule has 12 nitrogen and oxygen atoms in total. The smallest absolute Gasteiger partial charge is 0.380 e. The summed E-state index contributed by atoms with van der Waals surface area (Å²) in [5.41, 5.74) is 0.0360. The highest BCUT2D eigenvalue weighted by molar-refractivity contribution is 7.54. The van der Waals surface area contributed by atoms with Crippen molar-refractivity contribution in [3.63, 3.8) is 0 Å². The third-order valence-electron chi connectivity index (χ3n) is 10.2. The van der Waals surface area contributed by atoms with E-state index in [2.05, 4.69) is 16.8 Å². The molecule has 5 aromatic rings. The van der Waals surface area contributed by atoms with E-state index in [4.69, 9.17) is 28.0 Å². The van der Waals surface area contributed by atoms with E-state index in [0.717, 1.165) is 22.3 Å². The minimum absolute atomic E-state index is 0.0429.